The van der Waals surface area contributed by atoms with Gasteiger partial charge in [-0.15, -0.1) is 0 Å². The monoisotopic (exact) mass is 250 g/mol. The summed E-state index contributed by atoms with van der Waals surface area (Å²) in [6.07, 6.45) is 2.24. The fraction of sp³-hybridized carbons (Fsp3) is 0.600. The van der Waals surface area contributed by atoms with Gasteiger partial charge < -0.3 is 15.4 Å². The lowest BCUT2D eigenvalue weighted by Crippen LogP contribution is -2.37. The molecule has 0 amide bonds. The number of methoxy groups -OCH3 is 1. The molecule has 0 unspecified atom stereocenters. The van der Waals surface area contributed by atoms with Crippen LogP contribution in [0.25, 0.3) is 0 Å². The smallest absolute Gasteiger partial charge is 0.0637 e. The quantitative estimate of drug-likeness (QED) is 0.755. The average molecular weight is 250 g/mol. The zero-order valence-corrected chi connectivity index (χ0v) is 12.1. The summed E-state index contributed by atoms with van der Waals surface area (Å²) in [4.78, 5) is 2.37. The Morgan fingerprint density at radius 3 is 2.44 bits per heavy atom. The van der Waals surface area contributed by atoms with Gasteiger partial charge in [-0.3, -0.25) is 0 Å². The van der Waals surface area contributed by atoms with E-state index in [1.807, 2.05) is 6.07 Å². The molecule has 0 saturated heterocycles. The molecular formula is C15H26N2O. The normalized spacial score (nSPS) is 10.9. The molecule has 2 N–H and O–H groups in total. The van der Waals surface area contributed by atoms with Crippen LogP contribution in [0.5, 0.6) is 0 Å². The van der Waals surface area contributed by atoms with E-state index in [4.69, 9.17) is 10.5 Å². The first-order chi connectivity index (χ1) is 8.63. The standard InChI is InChI=1S/C15H26N2O/c1-5-13(6-2)17(9-10-18-4)15-8-7-12(3)11-14(15)16/h7-8,11,13H,5-6,9-10,16H2,1-4H3. The van der Waals surface area contributed by atoms with Crippen molar-refractivity contribution in [1.29, 1.82) is 0 Å². The number of hydrogen-bond acceptors (Lipinski definition) is 3. The second-order valence-corrected chi connectivity index (χ2v) is 4.72. The highest BCUT2D eigenvalue weighted by Crippen LogP contribution is 2.27. The first-order valence-corrected chi connectivity index (χ1v) is 6.75. The molecule has 0 fully saturated rings. The highest BCUT2D eigenvalue weighted by Gasteiger charge is 2.17. The minimum absolute atomic E-state index is 0.519. The molecule has 3 heteroatoms. The molecule has 0 spiro atoms. The number of aryl methyl sites for hydroxylation is 1. The number of benzene rings is 1. The van der Waals surface area contributed by atoms with Crippen molar-refractivity contribution in [3.05, 3.63) is 23.8 Å². The molecule has 0 aliphatic rings. The van der Waals surface area contributed by atoms with E-state index in [9.17, 15) is 0 Å². The van der Waals surface area contributed by atoms with Gasteiger partial charge in [0.1, 0.15) is 0 Å². The molecule has 0 heterocycles. The van der Waals surface area contributed by atoms with Gasteiger partial charge in [0.2, 0.25) is 0 Å². The molecule has 0 aliphatic heterocycles. The van der Waals surface area contributed by atoms with Crippen LogP contribution in [-0.4, -0.2) is 26.3 Å². The van der Waals surface area contributed by atoms with Crippen molar-refractivity contribution in [3.8, 4) is 0 Å². The maximum atomic E-state index is 6.16. The molecule has 1 aromatic carbocycles. The lowest BCUT2D eigenvalue weighted by atomic mass is 10.1. The number of anilines is 2. The topological polar surface area (TPSA) is 38.5 Å². The highest BCUT2D eigenvalue weighted by molar-refractivity contribution is 5.68. The van der Waals surface area contributed by atoms with Gasteiger partial charge >= 0.3 is 0 Å². The Bertz CT molecular complexity index is 362. The van der Waals surface area contributed by atoms with Crippen molar-refractivity contribution < 1.29 is 4.74 Å². The van der Waals surface area contributed by atoms with Crippen LogP contribution >= 0.6 is 0 Å². The van der Waals surface area contributed by atoms with Gasteiger partial charge in [0.15, 0.2) is 0 Å². The maximum absolute atomic E-state index is 6.16. The van der Waals surface area contributed by atoms with E-state index < -0.39 is 0 Å². The van der Waals surface area contributed by atoms with Crippen LogP contribution in [-0.2, 0) is 4.74 Å². The van der Waals surface area contributed by atoms with Crippen molar-refractivity contribution in [1.82, 2.24) is 0 Å². The zero-order valence-electron chi connectivity index (χ0n) is 12.1. The number of nitrogens with two attached hydrogens (primary N) is 1. The molecule has 0 radical (unpaired) electrons. The van der Waals surface area contributed by atoms with Gasteiger partial charge in [-0.1, -0.05) is 19.9 Å². The third-order valence-corrected chi connectivity index (χ3v) is 3.41. The minimum atomic E-state index is 0.519. The van der Waals surface area contributed by atoms with E-state index in [0.717, 1.165) is 37.4 Å². The minimum Gasteiger partial charge on any atom is -0.397 e. The summed E-state index contributed by atoms with van der Waals surface area (Å²) in [5, 5.41) is 0. The first-order valence-electron chi connectivity index (χ1n) is 6.75. The second-order valence-electron chi connectivity index (χ2n) is 4.72. The average Bonchev–Trinajstić information content (AvgIpc) is 2.35. The Kier molecular flexibility index (Phi) is 5.99. The Morgan fingerprint density at radius 1 is 1.28 bits per heavy atom. The van der Waals surface area contributed by atoms with Crippen LogP contribution in [0.3, 0.4) is 0 Å². The summed E-state index contributed by atoms with van der Waals surface area (Å²) in [7, 11) is 1.74. The summed E-state index contributed by atoms with van der Waals surface area (Å²) < 4.78 is 5.21. The lowest BCUT2D eigenvalue weighted by Gasteiger charge is -2.33. The van der Waals surface area contributed by atoms with Gasteiger partial charge in [-0.2, -0.15) is 0 Å². The van der Waals surface area contributed by atoms with E-state index in [2.05, 4.69) is 37.8 Å². The van der Waals surface area contributed by atoms with Crippen molar-refractivity contribution in [3.63, 3.8) is 0 Å². The van der Waals surface area contributed by atoms with Crippen molar-refractivity contribution in [2.75, 3.05) is 30.9 Å². The second kappa shape index (κ2) is 7.27. The van der Waals surface area contributed by atoms with E-state index in [1.54, 1.807) is 7.11 Å². The summed E-state index contributed by atoms with van der Waals surface area (Å²) in [6.45, 7) is 8.12. The van der Waals surface area contributed by atoms with E-state index in [-0.39, 0.29) is 0 Å². The third-order valence-electron chi connectivity index (χ3n) is 3.41. The molecule has 3 nitrogen and oxygen atoms in total. The maximum Gasteiger partial charge on any atom is 0.0637 e. The molecular weight excluding hydrogens is 224 g/mol. The molecule has 18 heavy (non-hydrogen) atoms. The van der Waals surface area contributed by atoms with Crippen molar-refractivity contribution >= 4 is 11.4 Å². The summed E-state index contributed by atoms with van der Waals surface area (Å²) in [6, 6.07) is 6.80. The molecule has 0 saturated carbocycles. The molecule has 102 valence electrons. The van der Waals surface area contributed by atoms with Gasteiger partial charge in [-0.05, 0) is 37.5 Å². The van der Waals surface area contributed by atoms with E-state index >= 15 is 0 Å². The largest absolute Gasteiger partial charge is 0.397 e. The number of rotatable bonds is 7. The SMILES string of the molecule is CCC(CC)N(CCOC)c1ccc(C)cc1N. The van der Waals surface area contributed by atoms with Crippen molar-refractivity contribution in [2.24, 2.45) is 0 Å². The Hall–Kier alpha value is -1.22. The van der Waals surface area contributed by atoms with Crippen molar-refractivity contribution in [2.45, 2.75) is 39.7 Å². The van der Waals surface area contributed by atoms with Crippen LogP contribution in [0, 0.1) is 6.92 Å². The fourth-order valence-corrected chi connectivity index (χ4v) is 2.35. The predicted molar refractivity (Wildman–Crippen MR) is 79.2 cm³/mol. The van der Waals surface area contributed by atoms with Crippen LogP contribution in [0.4, 0.5) is 11.4 Å². The number of nitrogen functional groups attached to an aromatic ring is 1. The number of ether oxygens (including phenoxy) is 1. The summed E-state index contributed by atoms with van der Waals surface area (Å²) in [5.74, 6) is 0. The zero-order chi connectivity index (χ0) is 13.5. The molecule has 0 aromatic heterocycles. The molecule has 0 atom stereocenters. The van der Waals surface area contributed by atoms with Crippen LogP contribution in [0.2, 0.25) is 0 Å². The Balaban J connectivity index is 3.00. The fourth-order valence-electron chi connectivity index (χ4n) is 2.35. The predicted octanol–water partition coefficient (Wildman–Crippen LogP) is 3.22. The van der Waals surface area contributed by atoms with Crippen LogP contribution < -0.4 is 10.6 Å². The molecule has 0 bridgehead atoms. The van der Waals surface area contributed by atoms with Gasteiger partial charge in [-0.25, -0.2) is 0 Å². The van der Waals surface area contributed by atoms with Gasteiger partial charge in [0.05, 0.1) is 18.0 Å². The van der Waals surface area contributed by atoms with Gasteiger partial charge in [0.25, 0.3) is 0 Å². The summed E-state index contributed by atoms with van der Waals surface area (Å²) >= 11 is 0. The van der Waals surface area contributed by atoms with Gasteiger partial charge in [0, 0.05) is 19.7 Å². The number of hydrogen-bond donors (Lipinski definition) is 1. The lowest BCUT2D eigenvalue weighted by molar-refractivity contribution is 0.202. The van der Waals surface area contributed by atoms with Crippen LogP contribution in [0.15, 0.2) is 18.2 Å². The molecule has 1 rings (SSSR count). The van der Waals surface area contributed by atoms with E-state index in [0.29, 0.717) is 6.04 Å². The molecule has 1 aromatic rings. The third kappa shape index (κ3) is 3.64. The molecule has 0 aliphatic carbocycles. The van der Waals surface area contributed by atoms with Crippen LogP contribution in [0.1, 0.15) is 32.3 Å². The first kappa shape index (κ1) is 14.8. The van der Waals surface area contributed by atoms with E-state index in [1.165, 1.54) is 5.56 Å². The Morgan fingerprint density at radius 2 is 1.94 bits per heavy atom. The number of nitrogens with zero attached hydrogens (tertiary/aromatic N) is 1. The highest BCUT2D eigenvalue weighted by atomic mass is 16.5. The Labute approximate surface area is 111 Å². The summed E-state index contributed by atoms with van der Waals surface area (Å²) in [5.41, 5.74) is 9.35.